The SMILES string of the molecule is CC1Cn2cc(C(N)=O)nc2-c2cc(Br)ccc2O1. The molecule has 6 heteroatoms. The third-order valence-electron chi connectivity index (χ3n) is 2.99. The normalized spacial score (nSPS) is 17.1. The minimum absolute atomic E-state index is 0.00361. The van der Waals surface area contributed by atoms with Gasteiger partial charge in [0.05, 0.1) is 12.1 Å². The number of ether oxygens (including phenoxy) is 1. The maximum atomic E-state index is 11.3. The standard InChI is InChI=1S/C13H12BrN3O2/c1-7-5-17-6-10(12(15)18)16-13(17)9-4-8(14)2-3-11(9)19-7/h2-4,6-7H,5H2,1H3,(H2,15,18). The molecule has 1 atom stereocenters. The summed E-state index contributed by atoms with van der Waals surface area (Å²) in [5.74, 6) is 0.941. The molecule has 1 aliphatic heterocycles. The maximum absolute atomic E-state index is 11.3. The van der Waals surface area contributed by atoms with E-state index < -0.39 is 5.91 Å². The molecule has 1 unspecified atom stereocenters. The van der Waals surface area contributed by atoms with Gasteiger partial charge in [0, 0.05) is 10.7 Å². The highest BCUT2D eigenvalue weighted by atomic mass is 79.9. The van der Waals surface area contributed by atoms with Gasteiger partial charge in [0.25, 0.3) is 5.91 Å². The zero-order chi connectivity index (χ0) is 13.6. The van der Waals surface area contributed by atoms with Gasteiger partial charge in [0.2, 0.25) is 0 Å². The number of amides is 1. The van der Waals surface area contributed by atoms with Crippen molar-refractivity contribution in [2.24, 2.45) is 5.73 Å². The van der Waals surface area contributed by atoms with Gasteiger partial charge in [-0.05, 0) is 25.1 Å². The van der Waals surface area contributed by atoms with E-state index in [2.05, 4.69) is 20.9 Å². The predicted molar refractivity (Wildman–Crippen MR) is 74.0 cm³/mol. The summed E-state index contributed by atoms with van der Waals surface area (Å²) in [6.07, 6.45) is 1.67. The molecule has 0 spiro atoms. The van der Waals surface area contributed by atoms with Gasteiger partial charge in [-0.1, -0.05) is 15.9 Å². The molecule has 0 bridgehead atoms. The van der Waals surface area contributed by atoms with E-state index in [1.54, 1.807) is 6.20 Å². The van der Waals surface area contributed by atoms with Crippen LogP contribution in [0.2, 0.25) is 0 Å². The monoisotopic (exact) mass is 321 g/mol. The minimum atomic E-state index is -0.523. The van der Waals surface area contributed by atoms with Crippen LogP contribution < -0.4 is 10.5 Å². The second kappa shape index (κ2) is 4.38. The van der Waals surface area contributed by atoms with Crippen LogP contribution in [0.25, 0.3) is 11.4 Å². The van der Waals surface area contributed by atoms with Gasteiger partial charge in [-0.15, -0.1) is 0 Å². The lowest BCUT2D eigenvalue weighted by Gasteiger charge is -2.12. The zero-order valence-corrected chi connectivity index (χ0v) is 11.8. The molecule has 0 fully saturated rings. The van der Waals surface area contributed by atoms with E-state index in [0.717, 1.165) is 15.8 Å². The van der Waals surface area contributed by atoms with Crippen LogP contribution in [0.15, 0.2) is 28.9 Å². The van der Waals surface area contributed by atoms with E-state index in [1.807, 2.05) is 29.7 Å². The lowest BCUT2D eigenvalue weighted by molar-refractivity contribution is 0.0995. The summed E-state index contributed by atoms with van der Waals surface area (Å²) in [4.78, 5) is 15.6. The van der Waals surface area contributed by atoms with E-state index in [1.165, 1.54) is 0 Å². The number of fused-ring (bicyclic) bond motifs is 3. The molecule has 3 rings (SSSR count). The highest BCUT2D eigenvalue weighted by Crippen LogP contribution is 2.35. The zero-order valence-electron chi connectivity index (χ0n) is 10.3. The molecule has 0 saturated heterocycles. The van der Waals surface area contributed by atoms with Gasteiger partial charge in [0.15, 0.2) is 0 Å². The van der Waals surface area contributed by atoms with Crippen LogP contribution in [0.4, 0.5) is 0 Å². The summed E-state index contributed by atoms with van der Waals surface area (Å²) in [5.41, 5.74) is 6.42. The molecule has 1 aromatic heterocycles. The van der Waals surface area contributed by atoms with Gasteiger partial charge in [-0.25, -0.2) is 4.98 Å². The van der Waals surface area contributed by atoms with E-state index in [0.29, 0.717) is 12.4 Å². The molecule has 2 heterocycles. The number of primary amides is 1. The molecule has 1 aromatic carbocycles. The summed E-state index contributed by atoms with van der Waals surface area (Å²) < 4.78 is 8.69. The number of nitrogens with two attached hydrogens (primary N) is 1. The Kier molecular flexibility index (Phi) is 2.82. The van der Waals surface area contributed by atoms with Crippen LogP contribution in [0.5, 0.6) is 5.75 Å². The smallest absolute Gasteiger partial charge is 0.268 e. The molecule has 0 radical (unpaired) electrons. The number of halogens is 1. The Balaban J connectivity index is 2.24. The van der Waals surface area contributed by atoms with Gasteiger partial charge < -0.3 is 15.0 Å². The van der Waals surface area contributed by atoms with Gasteiger partial charge in [-0.3, -0.25) is 4.79 Å². The third kappa shape index (κ3) is 2.12. The first-order valence-electron chi connectivity index (χ1n) is 5.88. The van der Waals surface area contributed by atoms with Gasteiger partial charge in [-0.2, -0.15) is 0 Å². The molecule has 98 valence electrons. The quantitative estimate of drug-likeness (QED) is 0.875. The van der Waals surface area contributed by atoms with E-state index in [4.69, 9.17) is 10.5 Å². The third-order valence-corrected chi connectivity index (χ3v) is 3.49. The van der Waals surface area contributed by atoms with Crippen molar-refractivity contribution >= 4 is 21.8 Å². The summed E-state index contributed by atoms with van der Waals surface area (Å²) in [7, 11) is 0. The van der Waals surface area contributed by atoms with Crippen molar-refractivity contribution in [3.63, 3.8) is 0 Å². The second-order valence-corrected chi connectivity index (χ2v) is 5.45. The van der Waals surface area contributed by atoms with E-state index in [-0.39, 0.29) is 11.8 Å². The Labute approximate surface area is 118 Å². The van der Waals surface area contributed by atoms with Crippen molar-refractivity contribution in [1.29, 1.82) is 0 Å². The summed E-state index contributed by atoms with van der Waals surface area (Å²) in [5, 5.41) is 0. The number of carbonyl (C=O) groups excluding carboxylic acids is 1. The molecule has 2 N–H and O–H groups in total. The fourth-order valence-corrected chi connectivity index (χ4v) is 2.56. The Morgan fingerprint density at radius 2 is 2.37 bits per heavy atom. The number of imidazole rings is 1. The molecule has 2 aromatic rings. The van der Waals surface area contributed by atoms with Crippen molar-refractivity contribution in [3.8, 4) is 17.1 Å². The first kappa shape index (κ1) is 12.2. The van der Waals surface area contributed by atoms with Crippen LogP contribution in [-0.2, 0) is 6.54 Å². The summed E-state index contributed by atoms with van der Waals surface area (Å²) in [6, 6.07) is 5.74. The Hall–Kier alpha value is -1.82. The van der Waals surface area contributed by atoms with E-state index >= 15 is 0 Å². The summed E-state index contributed by atoms with van der Waals surface area (Å²) >= 11 is 3.43. The Morgan fingerprint density at radius 3 is 3.11 bits per heavy atom. The van der Waals surface area contributed by atoms with Crippen LogP contribution in [-0.4, -0.2) is 21.6 Å². The Morgan fingerprint density at radius 1 is 1.58 bits per heavy atom. The number of hydrogen-bond acceptors (Lipinski definition) is 3. The number of aromatic nitrogens is 2. The lowest BCUT2D eigenvalue weighted by Crippen LogP contribution is -2.17. The molecule has 5 nitrogen and oxygen atoms in total. The van der Waals surface area contributed by atoms with Gasteiger partial charge >= 0.3 is 0 Å². The van der Waals surface area contributed by atoms with Crippen molar-refractivity contribution < 1.29 is 9.53 Å². The number of hydrogen-bond donors (Lipinski definition) is 1. The topological polar surface area (TPSA) is 70.1 Å². The first-order valence-corrected chi connectivity index (χ1v) is 6.67. The largest absolute Gasteiger partial charge is 0.488 e. The molecule has 1 amide bonds. The van der Waals surface area contributed by atoms with Crippen LogP contribution in [0, 0.1) is 0 Å². The van der Waals surface area contributed by atoms with E-state index in [9.17, 15) is 4.79 Å². The lowest BCUT2D eigenvalue weighted by atomic mass is 10.2. The molecule has 0 saturated carbocycles. The molecular formula is C13H12BrN3O2. The average Bonchev–Trinajstić information content (AvgIpc) is 2.70. The van der Waals surface area contributed by atoms with Crippen molar-refractivity contribution in [2.75, 3.05) is 0 Å². The number of nitrogens with zero attached hydrogens (tertiary/aromatic N) is 2. The molecule has 1 aliphatic rings. The number of benzene rings is 1. The van der Waals surface area contributed by atoms with Crippen molar-refractivity contribution in [1.82, 2.24) is 9.55 Å². The fraction of sp³-hybridized carbons (Fsp3) is 0.231. The first-order chi connectivity index (χ1) is 9.04. The second-order valence-electron chi connectivity index (χ2n) is 4.54. The molecular weight excluding hydrogens is 310 g/mol. The van der Waals surface area contributed by atoms with Crippen LogP contribution in [0.3, 0.4) is 0 Å². The molecule has 0 aliphatic carbocycles. The summed E-state index contributed by atoms with van der Waals surface area (Å²) in [6.45, 7) is 2.60. The minimum Gasteiger partial charge on any atom is -0.488 e. The average molecular weight is 322 g/mol. The predicted octanol–water partition coefficient (Wildman–Crippen LogP) is 2.19. The van der Waals surface area contributed by atoms with Crippen LogP contribution >= 0.6 is 15.9 Å². The number of rotatable bonds is 1. The fourth-order valence-electron chi connectivity index (χ4n) is 2.20. The maximum Gasteiger partial charge on any atom is 0.268 e. The highest BCUT2D eigenvalue weighted by Gasteiger charge is 2.23. The molecule has 19 heavy (non-hydrogen) atoms. The van der Waals surface area contributed by atoms with Crippen LogP contribution in [0.1, 0.15) is 17.4 Å². The van der Waals surface area contributed by atoms with Crippen molar-refractivity contribution in [3.05, 3.63) is 34.6 Å². The van der Waals surface area contributed by atoms with Gasteiger partial charge in [0.1, 0.15) is 23.4 Å². The van der Waals surface area contributed by atoms with Crippen molar-refractivity contribution in [2.45, 2.75) is 19.6 Å². The highest BCUT2D eigenvalue weighted by molar-refractivity contribution is 9.10. The Bertz CT molecular complexity index is 666. The number of carbonyl (C=O) groups is 1.